The van der Waals surface area contributed by atoms with Gasteiger partial charge < -0.3 is 15.4 Å². The highest BCUT2D eigenvalue weighted by molar-refractivity contribution is 4.77. The molecule has 0 saturated carbocycles. The summed E-state index contributed by atoms with van der Waals surface area (Å²) in [5.74, 6) is 0.882. The summed E-state index contributed by atoms with van der Waals surface area (Å²) in [4.78, 5) is 4.97. The molecule has 94 valence electrons. The van der Waals surface area contributed by atoms with Gasteiger partial charge in [0.25, 0.3) is 0 Å². The van der Waals surface area contributed by atoms with Crippen LogP contribution in [0.1, 0.15) is 12.8 Å². The Balaban J connectivity index is 1.72. The molecule has 0 aliphatic carbocycles. The molecule has 0 aromatic heterocycles. The number of hydrogen-bond acceptors (Lipinski definition) is 4. The van der Waals surface area contributed by atoms with Crippen LogP contribution in [0.25, 0.3) is 0 Å². The van der Waals surface area contributed by atoms with Gasteiger partial charge in [-0.05, 0) is 38.9 Å². The average Bonchev–Trinajstić information content (AvgIpc) is 2.32. The van der Waals surface area contributed by atoms with Crippen LogP contribution in [0.5, 0.6) is 0 Å². The molecule has 1 unspecified atom stereocenters. The lowest BCUT2D eigenvalue weighted by Gasteiger charge is -2.37. The first-order valence-corrected chi connectivity index (χ1v) is 6.50. The van der Waals surface area contributed by atoms with Gasteiger partial charge in [0.15, 0.2) is 0 Å². The number of morpholine rings is 1. The van der Waals surface area contributed by atoms with Gasteiger partial charge in [-0.25, -0.2) is 0 Å². The van der Waals surface area contributed by atoms with E-state index >= 15 is 0 Å². The minimum absolute atomic E-state index is 0.264. The smallest absolute Gasteiger partial charge is 0.0824 e. The second-order valence-corrected chi connectivity index (χ2v) is 5.23. The van der Waals surface area contributed by atoms with Crippen molar-refractivity contribution in [3.8, 4) is 0 Å². The summed E-state index contributed by atoms with van der Waals surface area (Å²) in [6, 6.07) is 0. The molecule has 0 spiro atoms. The molecule has 2 aliphatic rings. The van der Waals surface area contributed by atoms with E-state index in [9.17, 15) is 0 Å². The Morgan fingerprint density at radius 2 is 2.00 bits per heavy atom. The Hall–Kier alpha value is -0.160. The molecular weight excluding hydrogens is 202 g/mol. The van der Waals surface area contributed by atoms with E-state index in [0.717, 1.165) is 25.6 Å². The van der Waals surface area contributed by atoms with Gasteiger partial charge in [-0.3, -0.25) is 4.90 Å². The van der Waals surface area contributed by atoms with Gasteiger partial charge >= 0.3 is 0 Å². The number of nitrogens with zero attached hydrogens (tertiary/aromatic N) is 2. The fraction of sp³-hybridized carbons (Fsp3) is 1.00. The van der Waals surface area contributed by atoms with Crippen LogP contribution < -0.4 is 5.73 Å². The summed E-state index contributed by atoms with van der Waals surface area (Å²) in [6.45, 7) is 7.39. The van der Waals surface area contributed by atoms with E-state index in [1.807, 2.05) is 0 Å². The molecular formula is C12H25N3O. The first-order chi connectivity index (χ1) is 7.78. The van der Waals surface area contributed by atoms with E-state index < -0.39 is 0 Å². The van der Waals surface area contributed by atoms with Crippen molar-refractivity contribution >= 4 is 0 Å². The molecule has 0 radical (unpaired) electrons. The zero-order chi connectivity index (χ0) is 11.4. The number of hydrogen-bond donors (Lipinski definition) is 1. The molecule has 4 nitrogen and oxygen atoms in total. The fourth-order valence-electron chi connectivity index (χ4n) is 2.70. The highest BCUT2D eigenvalue weighted by Gasteiger charge is 2.23. The maximum atomic E-state index is 5.66. The maximum absolute atomic E-state index is 5.66. The van der Waals surface area contributed by atoms with E-state index in [4.69, 9.17) is 10.5 Å². The topological polar surface area (TPSA) is 41.7 Å². The predicted molar refractivity (Wildman–Crippen MR) is 65.5 cm³/mol. The Bertz CT molecular complexity index is 204. The third kappa shape index (κ3) is 3.42. The lowest BCUT2D eigenvalue weighted by molar-refractivity contribution is -0.0302. The SMILES string of the molecule is CN1CCC(CN2CCOC(CN)C2)CC1. The second kappa shape index (κ2) is 5.96. The van der Waals surface area contributed by atoms with E-state index in [-0.39, 0.29) is 6.10 Å². The third-order valence-electron chi connectivity index (χ3n) is 3.84. The van der Waals surface area contributed by atoms with Gasteiger partial charge in [0.1, 0.15) is 0 Å². The van der Waals surface area contributed by atoms with E-state index in [1.54, 1.807) is 0 Å². The molecule has 2 aliphatic heterocycles. The van der Waals surface area contributed by atoms with Crippen molar-refractivity contribution in [3.63, 3.8) is 0 Å². The van der Waals surface area contributed by atoms with Crippen LogP contribution in [0.4, 0.5) is 0 Å². The molecule has 0 aromatic carbocycles. The zero-order valence-electron chi connectivity index (χ0n) is 10.4. The molecule has 0 aromatic rings. The van der Waals surface area contributed by atoms with Crippen LogP contribution in [-0.2, 0) is 4.74 Å². The van der Waals surface area contributed by atoms with Crippen molar-refractivity contribution in [2.45, 2.75) is 18.9 Å². The number of likely N-dealkylation sites (tertiary alicyclic amines) is 1. The standard InChI is InChI=1S/C12H25N3O/c1-14-4-2-11(3-5-14)9-15-6-7-16-12(8-13)10-15/h11-12H,2-10,13H2,1H3. The predicted octanol–water partition coefficient (Wildman–Crippen LogP) is -0.0123. The number of rotatable bonds is 3. The number of nitrogens with two attached hydrogens (primary N) is 1. The minimum atomic E-state index is 0.264. The highest BCUT2D eigenvalue weighted by atomic mass is 16.5. The molecule has 2 rings (SSSR count). The van der Waals surface area contributed by atoms with Crippen LogP contribution in [0.2, 0.25) is 0 Å². The van der Waals surface area contributed by atoms with Gasteiger partial charge in [-0.1, -0.05) is 0 Å². The molecule has 2 N–H and O–H groups in total. The lowest BCUT2D eigenvalue weighted by atomic mass is 9.96. The van der Waals surface area contributed by atoms with Crippen molar-refractivity contribution in [2.24, 2.45) is 11.7 Å². The average molecular weight is 227 g/mol. The third-order valence-corrected chi connectivity index (χ3v) is 3.84. The van der Waals surface area contributed by atoms with Gasteiger partial charge in [0.2, 0.25) is 0 Å². The maximum Gasteiger partial charge on any atom is 0.0824 e. The van der Waals surface area contributed by atoms with Crippen molar-refractivity contribution in [1.29, 1.82) is 0 Å². The molecule has 2 heterocycles. The molecule has 0 bridgehead atoms. The summed E-state index contributed by atoms with van der Waals surface area (Å²) in [7, 11) is 2.22. The summed E-state index contributed by atoms with van der Waals surface area (Å²) >= 11 is 0. The largest absolute Gasteiger partial charge is 0.374 e. The minimum Gasteiger partial charge on any atom is -0.374 e. The van der Waals surface area contributed by atoms with Crippen molar-refractivity contribution in [1.82, 2.24) is 9.80 Å². The Morgan fingerprint density at radius 3 is 2.69 bits per heavy atom. The van der Waals surface area contributed by atoms with Crippen molar-refractivity contribution in [3.05, 3.63) is 0 Å². The second-order valence-electron chi connectivity index (χ2n) is 5.23. The van der Waals surface area contributed by atoms with Crippen LogP contribution in [0, 0.1) is 5.92 Å². The summed E-state index contributed by atoms with van der Waals surface area (Å²) in [6.07, 6.45) is 2.96. The van der Waals surface area contributed by atoms with Crippen LogP contribution in [0.15, 0.2) is 0 Å². The Kier molecular flexibility index (Phi) is 4.58. The van der Waals surface area contributed by atoms with Crippen LogP contribution in [-0.4, -0.2) is 68.8 Å². The number of ether oxygens (including phenoxy) is 1. The Morgan fingerprint density at radius 1 is 1.25 bits per heavy atom. The van der Waals surface area contributed by atoms with Crippen molar-refractivity contribution in [2.75, 3.05) is 52.9 Å². The lowest BCUT2D eigenvalue weighted by Crippen LogP contribution is -2.48. The molecule has 1 atom stereocenters. The monoisotopic (exact) mass is 227 g/mol. The molecule has 2 saturated heterocycles. The molecule has 4 heteroatoms. The summed E-state index contributed by atoms with van der Waals surface area (Å²) in [5, 5.41) is 0. The summed E-state index contributed by atoms with van der Waals surface area (Å²) < 4.78 is 5.59. The van der Waals surface area contributed by atoms with Gasteiger partial charge in [0, 0.05) is 26.2 Å². The van der Waals surface area contributed by atoms with Gasteiger partial charge in [-0.2, -0.15) is 0 Å². The first kappa shape index (κ1) is 12.3. The van der Waals surface area contributed by atoms with E-state index in [0.29, 0.717) is 6.54 Å². The highest BCUT2D eigenvalue weighted by Crippen LogP contribution is 2.18. The number of piperidine rings is 1. The molecule has 16 heavy (non-hydrogen) atoms. The van der Waals surface area contributed by atoms with E-state index in [1.165, 1.54) is 32.5 Å². The van der Waals surface area contributed by atoms with Crippen molar-refractivity contribution < 1.29 is 4.74 Å². The van der Waals surface area contributed by atoms with Gasteiger partial charge in [0.05, 0.1) is 12.7 Å². The molecule has 0 amide bonds. The van der Waals surface area contributed by atoms with Gasteiger partial charge in [-0.15, -0.1) is 0 Å². The fourth-order valence-corrected chi connectivity index (χ4v) is 2.70. The van der Waals surface area contributed by atoms with E-state index in [2.05, 4.69) is 16.8 Å². The quantitative estimate of drug-likeness (QED) is 0.736. The van der Waals surface area contributed by atoms with Crippen LogP contribution >= 0.6 is 0 Å². The normalized spacial score (nSPS) is 30.8. The Labute approximate surface area is 98.7 Å². The first-order valence-electron chi connectivity index (χ1n) is 6.50. The zero-order valence-corrected chi connectivity index (χ0v) is 10.4. The summed E-state index contributed by atoms with van der Waals surface area (Å²) in [5.41, 5.74) is 5.66. The van der Waals surface area contributed by atoms with Crippen LogP contribution in [0.3, 0.4) is 0 Å². The molecule has 2 fully saturated rings.